The number of hydrogen-bond donors (Lipinski definition) is 1. The van der Waals surface area contributed by atoms with Gasteiger partial charge in [0.2, 0.25) is 0 Å². The van der Waals surface area contributed by atoms with Gasteiger partial charge in [-0.25, -0.2) is 0 Å². The van der Waals surface area contributed by atoms with E-state index in [0.717, 1.165) is 16.8 Å². The minimum absolute atomic E-state index is 0.297. The van der Waals surface area contributed by atoms with E-state index >= 15 is 0 Å². The highest BCUT2D eigenvalue weighted by atomic mass is 16.5. The van der Waals surface area contributed by atoms with Gasteiger partial charge in [0.05, 0.1) is 13.2 Å². The number of hydrogen-bond acceptors (Lipinski definition) is 4. The van der Waals surface area contributed by atoms with Gasteiger partial charge in [-0.05, 0) is 36.2 Å². The monoisotopic (exact) mass is 229 g/mol. The average Bonchev–Trinajstić information content (AvgIpc) is 2.38. The van der Waals surface area contributed by atoms with Crippen molar-refractivity contribution in [3.63, 3.8) is 0 Å². The first kappa shape index (κ1) is 11.5. The normalized spacial score (nSPS) is 12.2. The zero-order valence-electron chi connectivity index (χ0n) is 9.92. The maximum atomic E-state index is 6.22. The third kappa shape index (κ3) is 2.26. The van der Waals surface area contributed by atoms with Crippen molar-refractivity contribution in [2.75, 3.05) is 7.11 Å². The predicted octanol–water partition coefficient (Wildman–Crippen LogP) is 1.84. The molecule has 0 spiro atoms. The maximum absolute atomic E-state index is 6.22. The molecular formula is C13H15N3O. The smallest absolute Gasteiger partial charge is 0.142 e. The minimum Gasteiger partial charge on any atom is -0.495 e. The van der Waals surface area contributed by atoms with Crippen LogP contribution in [0.2, 0.25) is 0 Å². The Morgan fingerprint density at radius 3 is 2.82 bits per heavy atom. The van der Waals surface area contributed by atoms with Crippen molar-refractivity contribution < 1.29 is 4.74 Å². The lowest BCUT2D eigenvalue weighted by molar-refractivity contribution is 0.404. The summed E-state index contributed by atoms with van der Waals surface area (Å²) in [5, 5.41) is 0. The summed E-state index contributed by atoms with van der Waals surface area (Å²) in [6.45, 7) is 1.98. The summed E-state index contributed by atoms with van der Waals surface area (Å²) in [4.78, 5) is 8.35. The van der Waals surface area contributed by atoms with Gasteiger partial charge in [-0.2, -0.15) is 0 Å². The predicted molar refractivity (Wildman–Crippen MR) is 65.8 cm³/mol. The summed E-state index contributed by atoms with van der Waals surface area (Å²) in [6.07, 6.45) is 5.25. The number of pyridine rings is 2. The van der Waals surface area contributed by atoms with Gasteiger partial charge >= 0.3 is 0 Å². The molecule has 4 nitrogen and oxygen atoms in total. The fraction of sp³-hybridized carbons (Fsp3) is 0.231. The second kappa shape index (κ2) is 4.93. The van der Waals surface area contributed by atoms with Crippen LogP contribution in [0.3, 0.4) is 0 Å². The molecule has 0 aliphatic rings. The number of ether oxygens (including phenoxy) is 1. The van der Waals surface area contributed by atoms with E-state index in [2.05, 4.69) is 9.97 Å². The summed E-state index contributed by atoms with van der Waals surface area (Å²) in [6, 6.07) is 5.30. The molecular weight excluding hydrogens is 214 g/mol. The molecule has 2 heterocycles. The van der Waals surface area contributed by atoms with Crippen LogP contribution in [0.4, 0.5) is 0 Å². The van der Waals surface area contributed by atoms with Crippen molar-refractivity contribution >= 4 is 0 Å². The molecule has 1 unspecified atom stereocenters. The van der Waals surface area contributed by atoms with Crippen LogP contribution in [0.1, 0.15) is 22.9 Å². The fourth-order valence-electron chi connectivity index (χ4n) is 1.79. The Bertz CT molecular complexity index is 514. The molecule has 88 valence electrons. The lowest BCUT2D eigenvalue weighted by Gasteiger charge is -2.16. The molecule has 2 aromatic heterocycles. The lowest BCUT2D eigenvalue weighted by atomic mass is 10.0. The quantitative estimate of drug-likeness (QED) is 0.872. The standard InChI is InChI=1S/C13H15N3O/c1-9-8-15-7-5-10(9)12(14)13-11(17-2)4-3-6-16-13/h3-8,12H,14H2,1-2H3. The van der Waals surface area contributed by atoms with E-state index in [1.807, 2.05) is 25.1 Å². The van der Waals surface area contributed by atoms with Crippen LogP contribution < -0.4 is 10.5 Å². The minimum atomic E-state index is -0.297. The molecule has 0 saturated carbocycles. The van der Waals surface area contributed by atoms with Gasteiger partial charge in [-0.3, -0.25) is 9.97 Å². The molecule has 2 rings (SSSR count). The summed E-state index contributed by atoms with van der Waals surface area (Å²) in [5.41, 5.74) is 9.02. The van der Waals surface area contributed by atoms with Crippen molar-refractivity contribution in [2.45, 2.75) is 13.0 Å². The molecule has 0 radical (unpaired) electrons. The molecule has 0 aromatic carbocycles. The van der Waals surface area contributed by atoms with Crippen LogP contribution in [0.25, 0.3) is 0 Å². The number of methoxy groups -OCH3 is 1. The van der Waals surface area contributed by atoms with Gasteiger partial charge in [0.15, 0.2) is 0 Å². The van der Waals surface area contributed by atoms with Crippen molar-refractivity contribution in [3.8, 4) is 5.75 Å². The van der Waals surface area contributed by atoms with Gasteiger partial charge in [0.1, 0.15) is 11.4 Å². The molecule has 0 fully saturated rings. The number of nitrogens with two attached hydrogens (primary N) is 1. The van der Waals surface area contributed by atoms with E-state index in [9.17, 15) is 0 Å². The van der Waals surface area contributed by atoms with E-state index in [-0.39, 0.29) is 6.04 Å². The Balaban J connectivity index is 2.44. The van der Waals surface area contributed by atoms with Crippen molar-refractivity contribution in [1.29, 1.82) is 0 Å². The third-order valence-corrected chi connectivity index (χ3v) is 2.71. The second-order valence-electron chi connectivity index (χ2n) is 3.80. The molecule has 0 bridgehead atoms. The zero-order chi connectivity index (χ0) is 12.3. The van der Waals surface area contributed by atoms with Crippen molar-refractivity contribution in [3.05, 3.63) is 53.6 Å². The number of nitrogens with zero attached hydrogens (tertiary/aromatic N) is 2. The van der Waals surface area contributed by atoms with Crippen molar-refractivity contribution in [2.24, 2.45) is 5.73 Å². The van der Waals surface area contributed by atoms with Crippen LogP contribution in [0.5, 0.6) is 5.75 Å². The average molecular weight is 229 g/mol. The Kier molecular flexibility index (Phi) is 3.35. The van der Waals surface area contributed by atoms with Crippen LogP contribution in [0, 0.1) is 6.92 Å². The first-order valence-corrected chi connectivity index (χ1v) is 5.39. The van der Waals surface area contributed by atoms with Gasteiger partial charge in [0, 0.05) is 18.6 Å². The van der Waals surface area contributed by atoms with Gasteiger partial charge in [-0.1, -0.05) is 0 Å². The van der Waals surface area contributed by atoms with Crippen LogP contribution in [-0.4, -0.2) is 17.1 Å². The van der Waals surface area contributed by atoms with Crippen LogP contribution in [-0.2, 0) is 0 Å². The van der Waals surface area contributed by atoms with Gasteiger partial charge in [0.25, 0.3) is 0 Å². The Morgan fingerprint density at radius 1 is 1.29 bits per heavy atom. The summed E-state index contributed by atoms with van der Waals surface area (Å²) >= 11 is 0. The fourth-order valence-corrected chi connectivity index (χ4v) is 1.79. The Hall–Kier alpha value is -1.94. The summed E-state index contributed by atoms with van der Waals surface area (Å²) in [5.74, 6) is 0.705. The molecule has 2 N–H and O–H groups in total. The molecule has 0 amide bonds. The highest BCUT2D eigenvalue weighted by molar-refractivity contribution is 5.38. The molecule has 4 heteroatoms. The van der Waals surface area contributed by atoms with Crippen LogP contribution in [0.15, 0.2) is 36.8 Å². The third-order valence-electron chi connectivity index (χ3n) is 2.71. The first-order chi connectivity index (χ1) is 8.24. The Labute approximate surface area is 100 Å². The molecule has 0 saturated heterocycles. The summed E-state index contributed by atoms with van der Waals surface area (Å²) in [7, 11) is 1.62. The van der Waals surface area contributed by atoms with E-state index in [0.29, 0.717) is 5.75 Å². The van der Waals surface area contributed by atoms with E-state index in [1.165, 1.54) is 0 Å². The highest BCUT2D eigenvalue weighted by Gasteiger charge is 2.16. The lowest BCUT2D eigenvalue weighted by Crippen LogP contribution is -2.16. The van der Waals surface area contributed by atoms with Gasteiger partial charge in [-0.15, -0.1) is 0 Å². The second-order valence-corrected chi connectivity index (χ2v) is 3.80. The SMILES string of the molecule is COc1cccnc1C(N)c1ccncc1C. The Morgan fingerprint density at radius 2 is 2.12 bits per heavy atom. The van der Waals surface area contributed by atoms with E-state index < -0.39 is 0 Å². The summed E-state index contributed by atoms with van der Waals surface area (Å²) < 4.78 is 5.27. The van der Waals surface area contributed by atoms with Crippen LogP contribution >= 0.6 is 0 Å². The molecule has 1 atom stereocenters. The molecule has 2 aromatic rings. The number of aromatic nitrogens is 2. The molecule has 17 heavy (non-hydrogen) atoms. The first-order valence-electron chi connectivity index (χ1n) is 5.39. The topological polar surface area (TPSA) is 61.0 Å². The number of rotatable bonds is 3. The number of aryl methyl sites for hydroxylation is 1. The van der Waals surface area contributed by atoms with Crippen molar-refractivity contribution in [1.82, 2.24) is 9.97 Å². The molecule has 0 aliphatic carbocycles. The maximum Gasteiger partial charge on any atom is 0.142 e. The van der Waals surface area contributed by atoms with E-state index in [1.54, 1.807) is 25.7 Å². The highest BCUT2D eigenvalue weighted by Crippen LogP contribution is 2.27. The largest absolute Gasteiger partial charge is 0.495 e. The van der Waals surface area contributed by atoms with E-state index in [4.69, 9.17) is 10.5 Å². The molecule has 0 aliphatic heterocycles. The zero-order valence-corrected chi connectivity index (χ0v) is 9.92. The van der Waals surface area contributed by atoms with Gasteiger partial charge < -0.3 is 10.5 Å².